The highest BCUT2D eigenvalue weighted by Crippen LogP contribution is 2.38. The van der Waals surface area contributed by atoms with E-state index in [9.17, 15) is 9.59 Å². The highest BCUT2D eigenvalue weighted by Gasteiger charge is 2.29. The molecule has 5 rings (SSSR count). The molecule has 2 heterocycles. The van der Waals surface area contributed by atoms with Crippen LogP contribution >= 0.6 is 0 Å². The second kappa shape index (κ2) is 14.3. The van der Waals surface area contributed by atoms with Crippen LogP contribution in [-0.2, 0) is 16.0 Å². The lowest BCUT2D eigenvalue weighted by molar-refractivity contribution is 0.0342. The summed E-state index contributed by atoms with van der Waals surface area (Å²) in [6.45, 7) is 12.8. The van der Waals surface area contributed by atoms with Crippen molar-refractivity contribution in [2.45, 2.75) is 64.1 Å². The van der Waals surface area contributed by atoms with Crippen LogP contribution in [0.3, 0.4) is 0 Å². The monoisotopic (exact) mass is 603 g/mol. The minimum atomic E-state index is -0.446. The van der Waals surface area contributed by atoms with Crippen molar-refractivity contribution < 1.29 is 9.47 Å². The second-order valence-electron chi connectivity index (χ2n) is 11.9. The Hall–Kier alpha value is -3.80. The molecule has 2 fully saturated rings. The molecule has 11 heteroatoms. The predicted octanol–water partition coefficient (Wildman–Crippen LogP) is 3.71. The molecule has 1 aromatic heterocycles. The number of nitrogens with one attached hydrogen (secondary N) is 3. The molecule has 44 heavy (non-hydrogen) atoms. The molecule has 0 spiro atoms. The summed E-state index contributed by atoms with van der Waals surface area (Å²) in [4.78, 5) is 35.3. The average molecular weight is 604 g/mol. The first-order valence-corrected chi connectivity index (χ1v) is 15.5. The van der Waals surface area contributed by atoms with Crippen molar-refractivity contribution in [3.05, 3.63) is 67.7 Å². The molecule has 3 aromatic rings. The highest BCUT2D eigenvalue weighted by atomic mass is 16.5. The normalized spacial score (nSPS) is 20.4. The maximum atomic E-state index is 12.1. The third-order valence-electron chi connectivity index (χ3n) is 8.82. The van der Waals surface area contributed by atoms with Crippen LogP contribution in [0.1, 0.15) is 55.5 Å². The van der Waals surface area contributed by atoms with Gasteiger partial charge in [0.1, 0.15) is 11.4 Å². The number of methoxy groups -OCH3 is 1. The topological polar surface area (TPSA) is 122 Å². The molecule has 1 atom stereocenters. The number of anilines is 2. The first-order valence-electron chi connectivity index (χ1n) is 15.5. The van der Waals surface area contributed by atoms with Gasteiger partial charge in [-0.2, -0.15) is 0 Å². The summed E-state index contributed by atoms with van der Waals surface area (Å²) in [5.41, 5.74) is 9.20. The summed E-state index contributed by atoms with van der Waals surface area (Å²) in [5, 5.41) is 6.19. The Kier molecular flexibility index (Phi) is 10.3. The summed E-state index contributed by atoms with van der Waals surface area (Å²) < 4.78 is 12.9. The SMILES string of the molecule is C=NC(=N[C@@H](C)COC)Nn1c(C2CCC(Nc3c(NC)c(=O)c3=O)CC2)cc(-c2ccc(CN3CCOCC3)cc2)c1C. The van der Waals surface area contributed by atoms with Crippen LogP contribution in [0.2, 0.25) is 0 Å². The van der Waals surface area contributed by atoms with Gasteiger partial charge in [0.05, 0.1) is 25.9 Å². The van der Waals surface area contributed by atoms with Gasteiger partial charge in [-0.15, -0.1) is 0 Å². The molecule has 1 saturated carbocycles. The Labute approximate surface area is 259 Å². The van der Waals surface area contributed by atoms with Crippen LogP contribution in [0.5, 0.6) is 0 Å². The van der Waals surface area contributed by atoms with E-state index in [1.807, 2.05) is 6.92 Å². The molecule has 2 aromatic carbocycles. The van der Waals surface area contributed by atoms with Gasteiger partial charge in [-0.3, -0.25) is 24.6 Å². The molecular weight excluding hydrogens is 558 g/mol. The van der Waals surface area contributed by atoms with Gasteiger partial charge in [0.25, 0.3) is 10.9 Å². The van der Waals surface area contributed by atoms with E-state index in [0.717, 1.165) is 81.0 Å². The van der Waals surface area contributed by atoms with Gasteiger partial charge in [-0.25, -0.2) is 9.98 Å². The molecule has 0 unspecified atom stereocenters. The van der Waals surface area contributed by atoms with Gasteiger partial charge < -0.3 is 20.1 Å². The lowest BCUT2D eigenvalue weighted by Gasteiger charge is -2.31. The zero-order valence-corrected chi connectivity index (χ0v) is 26.3. The molecule has 236 valence electrons. The minimum Gasteiger partial charge on any atom is -0.383 e. The fourth-order valence-electron chi connectivity index (χ4n) is 6.38. The fraction of sp³-hybridized carbons (Fsp3) is 0.515. The summed E-state index contributed by atoms with van der Waals surface area (Å²) >= 11 is 0. The van der Waals surface area contributed by atoms with Crippen LogP contribution in [0.4, 0.5) is 11.4 Å². The maximum Gasteiger partial charge on any atom is 0.253 e. The number of nitrogens with zero attached hydrogens (tertiary/aromatic N) is 4. The Morgan fingerprint density at radius 1 is 1.09 bits per heavy atom. The average Bonchev–Trinajstić information content (AvgIpc) is 3.36. The van der Waals surface area contributed by atoms with Crippen LogP contribution in [-0.4, -0.2) is 81.4 Å². The predicted molar refractivity (Wildman–Crippen MR) is 178 cm³/mol. The van der Waals surface area contributed by atoms with E-state index < -0.39 is 10.9 Å². The first-order chi connectivity index (χ1) is 21.3. The Morgan fingerprint density at radius 2 is 1.77 bits per heavy atom. The number of hydrogen-bond donors (Lipinski definition) is 3. The van der Waals surface area contributed by atoms with Gasteiger partial charge in [-0.05, 0) is 63.4 Å². The Morgan fingerprint density at radius 3 is 2.41 bits per heavy atom. The molecule has 2 aliphatic rings. The van der Waals surface area contributed by atoms with Gasteiger partial charge >= 0.3 is 0 Å². The van der Waals surface area contributed by atoms with Crippen molar-refractivity contribution in [1.29, 1.82) is 0 Å². The maximum absolute atomic E-state index is 12.1. The smallest absolute Gasteiger partial charge is 0.253 e. The van der Waals surface area contributed by atoms with Crippen molar-refractivity contribution in [2.24, 2.45) is 9.98 Å². The number of guanidine groups is 1. The molecule has 0 radical (unpaired) electrons. The van der Waals surface area contributed by atoms with Crippen LogP contribution in [0.25, 0.3) is 11.1 Å². The summed E-state index contributed by atoms with van der Waals surface area (Å²) in [6, 6.07) is 11.2. The lowest BCUT2D eigenvalue weighted by atomic mass is 9.83. The molecular formula is C33H45N7O4. The number of aliphatic imine (C=N–C) groups is 2. The van der Waals surface area contributed by atoms with Crippen molar-refractivity contribution in [3.63, 3.8) is 0 Å². The zero-order valence-electron chi connectivity index (χ0n) is 26.3. The van der Waals surface area contributed by atoms with E-state index in [1.165, 1.54) is 5.56 Å². The Balaban J connectivity index is 1.38. The second-order valence-corrected chi connectivity index (χ2v) is 11.9. The van der Waals surface area contributed by atoms with Crippen molar-refractivity contribution in [2.75, 3.05) is 63.1 Å². The number of benzene rings is 1. The molecule has 1 saturated heterocycles. The summed E-state index contributed by atoms with van der Waals surface area (Å²) in [5.74, 6) is 0.726. The van der Waals surface area contributed by atoms with Gasteiger partial charge in [0, 0.05) is 62.7 Å². The molecule has 11 nitrogen and oxygen atoms in total. The molecule has 0 amide bonds. The van der Waals surface area contributed by atoms with Crippen LogP contribution in [0, 0.1) is 6.92 Å². The van der Waals surface area contributed by atoms with Crippen molar-refractivity contribution in [1.82, 2.24) is 9.58 Å². The fourth-order valence-corrected chi connectivity index (χ4v) is 6.38. The molecule has 0 bridgehead atoms. The lowest BCUT2D eigenvalue weighted by Crippen LogP contribution is -2.40. The van der Waals surface area contributed by atoms with Crippen molar-refractivity contribution in [3.8, 4) is 11.1 Å². The standard InChI is InChI=1S/C33H45N7O4/c1-21(20-43-5)36-33(35-4)38-40-22(2)27(24-8-6-23(7-9-24)19-39-14-16-44-17-15-39)18-28(40)25-10-12-26(13-11-25)37-30-29(34-3)31(41)32(30)42/h6-9,18,21,25-26,34,37H,4,10-17,19-20H2,1-3,5H3,(H,36,38)/t21-,25?,26?/m0/s1. The number of ether oxygens (including phenoxy) is 2. The highest BCUT2D eigenvalue weighted by molar-refractivity contribution is 5.91. The van der Waals surface area contributed by atoms with E-state index in [1.54, 1.807) is 14.2 Å². The molecule has 3 N–H and O–H groups in total. The van der Waals surface area contributed by atoms with E-state index in [-0.39, 0.29) is 18.0 Å². The number of hydrogen-bond acceptors (Lipinski definition) is 8. The molecule has 1 aliphatic carbocycles. The van der Waals surface area contributed by atoms with Crippen LogP contribution in [0.15, 0.2) is 49.9 Å². The minimum absolute atomic E-state index is 0.0785. The van der Waals surface area contributed by atoms with Crippen molar-refractivity contribution >= 4 is 24.1 Å². The van der Waals surface area contributed by atoms with Gasteiger partial charge in [0.2, 0.25) is 5.96 Å². The largest absolute Gasteiger partial charge is 0.383 e. The van der Waals surface area contributed by atoms with Crippen LogP contribution < -0.4 is 26.9 Å². The van der Waals surface area contributed by atoms with Gasteiger partial charge in [0.15, 0.2) is 0 Å². The number of aromatic nitrogens is 1. The third-order valence-corrected chi connectivity index (χ3v) is 8.82. The van der Waals surface area contributed by atoms with E-state index in [4.69, 9.17) is 9.47 Å². The first kappa shape index (κ1) is 31.6. The van der Waals surface area contributed by atoms with Gasteiger partial charge in [-0.1, -0.05) is 24.3 Å². The van der Waals surface area contributed by atoms with E-state index >= 15 is 0 Å². The summed E-state index contributed by atoms with van der Waals surface area (Å²) in [7, 11) is 3.33. The Bertz CT molecular complexity index is 1520. The quantitative estimate of drug-likeness (QED) is 0.172. The number of morpholine rings is 1. The molecule has 1 aliphatic heterocycles. The zero-order chi connectivity index (χ0) is 31.2. The number of rotatable bonds is 11. The van der Waals surface area contributed by atoms with E-state index in [0.29, 0.717) is 23.9 Å². The summed E-state index contributed by atoms with van der Waals surface area (Å²) in [6.07, 6.45) is 3.63. The van der Waals surface area contributed by atoms with E-state index in [2.05, 4.69) is 79.6 Å². The third kappa shape index (κ3) is 6.95.